The van der Waals surface area contributed by atoms with Crippen LogP contribution in [-0.2, 0) is 6.18 Å². The molecule has 0 atom stereocenters. The van der Waals surface area contributed by atoms with Crippen LogP contribution >= 0.6 is 0 Å². The number of hydrogen-bond donors (Lipinski definition) is 0. The summed E-state index contributed by atoms with van der Waals surface area (Å²) in [7, 11) is 0. The lowest BCUT2D eigenvalue weighted by Crippen LogP contribution is -2.04. The lowest BCUT2D eigenvalue weighted by atomic mass is 10.1. The maximum Gasteiger partial charge on any atom is 0.416 e. The first-order valence-electron chi connectivity index (χ1n) is 4.72. The molecule has 1 heterocycles. The zero-order valence-corrected chi connectivity index (χ0v) is 8.49. The van der Waals surface area contributed by atoms with Gasteiger partial charge >= 0.3 is 6.18 Å². The summed E-state index contributed by atoms with van der Waals surface area (Å²) < 4.78 is 42.0. The summed E-state index contributed by atoms with van der Waals surface area (Å²) >= 11 is 0. The molecule has 0 N–H and O–H groups in total. The van der Waals surface area contributed by atoms with Gasteiger partial charge in [-0.1, -0.05) is 12.1 Å². The van der Waals surface area contributed by atoms with Crippen LogP contribution < -0.4 is 0 Å². The largest absolute Gasteiger partial charge is 0.464 e. The molecule has 0 saturated carbocycles. The summed E-state index contributed by atoms with van der Waals surface area (Å²) in [5.74, 6) is 0.272. The molecule has 17 heavy (non-hydrogen) atoms. The van der Waals surface area contributed by atoms with Crippen LogP contribution in [-0.4, -0.2) is 6.29 Å². The van der Waals surface area contributed by atoms with E-state index >= 15 is 0 Å². The molecule has 0 fully saturated rings. The summed E-state index contributed by atoms with van der Waals surface area (Å²) in [6, 6.07) is 5.90. The van der Waals surface area contributed by atoms with Gasteiger partial charge in [0.2, 0.25) is 0 Å². The first-order valence-corrected chi connectivity index (χ1v) is 4.72. The van der Waals surface area contributed by atoms with Crippen molar-refractivity contribution in [3.05, 3.63) is 47.7 Å². The smallest absolute Gasteiger partial charge is 0.416 e. The Kier molecular flexibility index (Phi) is 2.75. The zero-order valence-electron chi connectivity index (χ0n) is 8.49. The van der Waals surface area contributed by atoms with Crippen LogP contribution in [0.2, 0.25) is 0 Å². The van der Waals surface area contributed by atoms with E-state index in [4.69, 9.17) is 4.42 Å². The van der Waals surface area contributed by atoms with Crippen molar-refractivity contribution in [1.29, 1.82) is 0 Å². The summed E-state index contributed by atoms with van der Waals surface area (Å²) in [6.07, 6.45) is -2.46. The average molecular weight is 240 g/mol. The molecule has 2 aromatic rings. The van der Waals surface area contributed by atoms with Gasteiger partial charge in [0.05, 0.1) is 17.4 Å². The van der Waals surface area contributed by atoms with E-state index in [1.54, 1.807) is 0 Å². The second kappa shape index (κ2) is 4.08. The summed E-state index contributed by atoms with van der Waals surface area (Å²) in [6.45, 7) is 0. The van der Waals surface area contributed by atoms with Crippen LogP contribution in [0.1, 0.15) is 15.9 Å². The molecule has 0 radical (unpaired) electrons. The first-order chi connectivity index (χ1) is 8.02. The molecule has 2 nitrogen and oxygen atoms in total. The van der Waals surface area contributed by atoms with Crippen molar-refractivity contribution in [2.24, 2.45) is 0 Å². The van der Waals surface area contributed by atoms with Gasteiger partial charge in [0.15, 0.2) is 6.29 Å². The van der Waals surface area contributed by atoms with Gasteiger partial charge < -0.3 is 4.42 Å². The van der Waals surface area contributed by atoms with Crippen LogP contribution in [0.25, 0.3) is 11.3 Å². The number of carbonyl (C=O) groups excluding carboxylic acids is 1. The van der Waals surface area contributed by atoms with E-state index in [1.807, 2.05) is 0 Å². The third-order valence-corrected chi connectivity index (χ3v) is 2.30. The van der Waals surface area contributed by atoms with Gasteiger partial charge in [0.1, 0.15) is 5.76 Å². The van der Waals surface area contributed by atoms with E-state index in [2.05, 4.69) is 0 Å². The number of alkyl halides is 3. The van der Waals surface area contributed by atoms with Gasteiger partial charge in [-0.15, -0.1) is 0 Å². The van der Waals surface area contributed by atoms with Crippen molar-refractivity contribution in [3.8, 4) is 11.3 Å². The zero-order chi connectivity index (χ0) is 12.5. The van der Waals surface area contributed by atoms with Crippen molar-refractivity contribution in [3.63, 3.8) is 0 Å². The minimum absolute atomic E-state index is 0.272. The van der Waals surface area contributed by atoms with E-state index in [1.165, 1.54) is 24.5 Å². The van der Waals surface area contributed by atoms with E-state index in [-0.39, 0.29) is 5.76 Å². The molecule has 5 heteroatoms. The number of hydrogen-bond acceptors (Lipinski definition) is 2. The van der Waals surface area contributed by atoms with Gasteiger partial charge in [-0.05, 0) is 18.2 Å². The topological polar surface area (TPSA) is 30.2 Å². The van der Waals surface area contributed by atoms with Crippen LogP contribution in [0, 0.1) is 0 Å². The summed E-state index contributed by atoms with van der Waals surface area (Å²) in [4.78, 5) is 10.6. The van der Waals surface area contributed by atoms with Gasteiger partial charge in [0, 0.05) is 5.56 Å². The van der Waals surface area contributed by atoms with Crippen LogP contribution in [0.15, 0.2) is 41.0 Å². The summed E-state index contributed by atoms with van der Waals surface area (Å²) in [5.41, 5.74) is 0.00955. The van der Waals surface area contributed by atoms with Crippen LogP contribution in [0.4, 0.5) is 13.2 Å². The second-order valence-electron chi connectivity index (χ2n) is 3.40. The third-order valence-electron chi connectivity index (χ3n) is 2.30. The molecular formula is C12H7F3O2. The van der Waals surface area contributed by atoms with Crippen LogP contribution in [0.5, 0.6) is 0 Å². The Morgan fingerprint density at radius 3 is 2.24 bits per heavy atom. The highest BCUT2D eigenvalue weighted by Crippen LogP contribution is 2.31. The Balaban J connectivity index is 2.39. The van der Waals surface area contributed by atoms with E-state index in [9.17, 15) is 18.0 Å². The van der Waals surface area contributed by atoms with Gasteiger partial charge in [-0.3, -0.25) is 4.79 Å². The van der Waals surface area contributed by atoms with Crippen molar-refractivity contribution in [1.82, 2.24) is 0 Å². The van der Waals surface area contributed by atoms with Gasteiger partial charge in [-0.25, -0.2) is 0 Å². The number of rotatable bonds is 2. The second-order valence-corrected chi connectivity index (χ2v) is 3.40. The number of benzene rings is 1. The molecule has 1 aromatic carbocycles. The van der Waals surface area contributed by atoms with Gasteiger partial charge in [-0.2, -0.15) is 13.2 Å². The third kappa shape index (κ3) is 2.22. The number of aldehydes is 1. The Bertz CT molecular complexity index is 523. The molecule has 0 aliphatic rings. The predicted octanol–water partition coefficient (Wildman–Crippen LogP) is 3.78. The van der Waals surface area contributed by atoms with Crippen molar-refractivity contribution < 1.29 is 22.4 Å². The molecule has 0 bridgehead atoms. The molecule has 0 saturated heterocycles. The minimum atomic E-state index is -4.37. The fourth-order valence-corrected chi connectivity index (χ4v) is 1.46. The fourth-order valence-electron chi connectivity index (χ4n) is 1.46. The molecule has 0 aliphatic heterocycles. The highest BCUT2D eigenvalue weighted by molar-refractivity contribution is 5.84. The van der Waals surface area contributed by atoms with Gasteiger partial charge in [0.25, 0.3) is 0 Å². The maximum absolute atomic E-state index is 12.3. The number of halogens is 3. The number of furan rings is 1. The predicted molar refractivity (Wildman–Crippen MR) is 54.5 cm³/mol. The Morgan fingerprint density at radius 2 is 1.71 bits per heavy atom. The fraction of sp³-hybridized carbons (Fsp3) is 0.0833. The molecule has 0 aliphatic carbocycles. The van der Waals surface area contributed by atoms with E-state index < -0.39 is 11.7 Å². The van der Waals surface area contributed by atoms with Crippen molar-refractivity contribution in [2.45, 2.75) is 6.18 Å². The molecule has 88 valence electrons. The first kappa shape index (κ1) is 11.4. The highest BCUT2D eigenvalue weighted by Gasteiger charge is 2.30. The Morgan fingerprint density at radius 1 is 1.06 bits per heavy atom. The number of carbonyl (C=O) groups is 1. The standard InChI is InChI=1S/C12H7F3O2/c13-12(14,15)10-3-1-8(2-4-10)11-9(7-16)5-6-17-11/h1-7H. The normalized spacial score (nSPS) is 11.5. The van der Waals surface area contributed by atoms with Crippen LogP contribution in [0.3, 0.4) is 0 Å². The Hall–Kier alpha value is -2.04. The van der Waals surface area contributed by atoms with Crippen molar-refractivity contribution >= 4 is 6.29 Å². The summed E-state index contributed by atoms with van der Waals surface area (Å²) in [5, 5.41) is 0. The highest BCUT2D eigenvalue weighted by atomic mass is 19.4. The average Bonchev–Trinajstić information content (AvgIpc) is 2.76. The Labute approximate surface area is 94.7 Å². The lowest BCUT2D eigenvalue weighted by molar-refractivity contribution is -0.137. The molecule has 0 spiro atoms. The molecular weight excluding hydrogens is 233 g/mol. The van der Waals surface area contributed by atoms with Crippen molar-refractivity contribution in [2.75, 3.05) is 0 Å². The maximum atomic E-state index is 12.3. The lowest BCUT2D eigenvalue weighted by Gasteiger charge is -2.06. The van der Waals surface area contributed by atoms with E-state index in [0.29, 0.717) is 17.4 Å². The molecule has 0 unspecified atom stereocenters. The molecule has 1 aromatic heterocycles. The SMILES string of the molecule is O=Cc1ccoc1-c1ccc(C(F)(F)F)cc1. The quantitative estimate of drug-likeness (QED) is 0.748. The van der Waals surface area contributed by atoms with E-state index in [0.717, 1.165) is 12.1 Å². The molecule has 2 rings (SSSR count). The minimum Gasteiger partial charge on any atom is -0.464 e. The monoisotopic (exact) mass is 240 g/mol. The molecule has 0 amide bonds.